The van der Waals surface area contributed by atoms with Gasteiger partial charge in [-0.1, -0.05) is 19.6 Å². The Morgan fingerprint density at radius 1 is 1.36 bits per heavy atom. The lowest BCUT2D eigenvalue weighted by Crippen LogP contribution is -2.22. The number of carbonyl (C=O) groups is 1. The molecule has 0 aliphatic rings. The average molecular weight is 393 g/mol. The first-order chi connectivity index (χ1) is 10.3. The van der Waals surface area contributed by atoms with Crippen molar-refractivity contribution < 1.29 is 19.0 Å². The van der Waals surface area contributed by atoms with Gasteiger partial charge in [-0.25, -0.2) is 9.48 Å². The quantitative estimate of drug-likeness (QED) is 0.347. The molecule has 8 heteroatoms. The Balaban J connectivity index is 2.41. The predicted octanol–water partition coefficient (Wildman–Crippen LogP) is 3.04. The molecule has 1 aromatic rings. The molecule has 0 fully saturated rings. The van der Waals surface area contributed by atoms with Crippen LogP contribution in [0.1, 0.15) is 12.6 Å². The van der Waals surface area contributed by atoms with Crippen LogP contribution in [0.2, 0.25) is 25.7 Å². The number of ether oxygens (including phenoxy) is 3. The monoisotopic (exact) mass is 392 g/mol. The standard InChI is InChI=1S/C14H25BrN2O4Si/c1-5-21-14(18)10-20-9-13-12(15)8-16-17(13)11-19-6-7-22(2,3)4/h8H,5-7,9-11H2,1-4H3. The Morgan fingerprint density at radius 2 is 2.09 bits per heavy atom. The van der Waals surface area contributed by atoms with E-state index in [1.807, 2.05) is 0 Å². The lowest BCUT2D eigenvalue weighted by molar-refractivity contribution is -0.148. The molecule has 0 aliphatic heterocycles. The van der Waals surface area contributed by atoms with Crippen LogP contribution in [0.4, 0.5) is 0 Å². The molecule has 1 aromatic heterocycles. The highest BCUT2D eigenvalue weighted by Gasteiger charge is 2.13. The molecule has 1 rings (SSSR count). The number of esters is 1. The van der Waals surface area contributed by atoms with E-state index in [0.29, 0.717) is 13.3 Å². The minimum Gasteiger partial charge on any atom is -0.464 e. The molecule has 0 unspecified atom stereocenters. The highest BCUT2D eigenvalue weighted by Crippen LogP contribution is 2.17. The van der Waals surface area contributed by atoms with Crippen LogP contribution < -0.4 is 0 Å². The van der Waals surface area contributed by atoms with Crippen molar-refractivity contribution in [2.45, 2.75) is 45.9 Å². The maximum atomic E-state index is 11.2. The van der Waals surface area contributed by atoms with Crippen molar-refractivity contribution >= 4 is 30.0 Å². The number of rotatable bonds is 10. The first-order valence-corrected chi connectivity index (χ1v) is 11.8. The summed E-state index contributed by atoms with van der Waals surface area (Å²) in [5.74, 6) is -0.365. The zero-order valence-electron chi connectivity index (χ0n) is 13.7. The highest BCUT2D eigenvalue weighted by molar-refractivity contribution is 9.10. The minimum absolute atomic E-state index is 0.0675. The third-order valence-corrected chi connectivity index (χ3v) is 5.24. The van der Waals surface area contributed by atoms with Gasteiger partial charge in [0.1, 0.15) is 13.3 Å². The number of aromatic nitrogens is 2. The highest BCUT2D eigenvalue weighted by atomic mass is 79.9. The number of hydrogen-bond donors (Lipinski definition) is 0. The molecular weight excluding hydrogens is 368 g/mol. The molecule has 0 N–H and O–H groups in total. The molecule has 0 spiro atoms. The van der Waals surface area contributed by atoms with Gasteiger partial charge < -0.3 is 14.2 Å². The summed E-state index contributed by atoms with van der Waals surface area (Å²) in [5.41, 5.74) is 0.845. The summed E-state index contributed by atoms with van der Waals surface area (Å²) in [5, 5.41) is 4.24. The fraction of sp³-hybridized carbons (Fsp3) is 0.714. The smallest absolute Gasteiger partial charge is 0.332 e. The van der Waals surface area contributed by atoms with Crippen LogP contribution >= 0.6 is 15.9 Å². The average Bonchev–Trinajstić information content (AvgIpc) is 2.75. The molecule has 0 radical (unpaired) electrons. The van der Waals surface area contributed by atoms with Crippen LogP contribution in [0.15, 0.2) is 10.7 Å². The minimum atomic E-state index is -1.09. The van der Waals surface area contributed by atoms with Gasteiger partial charge in [-0.15, -0.1) is 0 Å². The summed E-state index contributed by atoms with van der Waals surface area (Å²) in [6.07, 6.45) is 1.70. The fourth-order valence-electron chi connectivity index (χ4n) is 1.61. The molecular formula is C14H25BrN2O4Si. The second-order valence-electron chi connectivity index (χ2n) is 6.08. The van der Waals surface area contributed by atoms with Crippen molar-refractivity contribution in [3.63, 3.8) is 0 Å². The summed E-state index contributed by atoms with van der Waals surface area (Å²) in [7, 11) is -1.09. The Labute approximate surface area is 141 Å². The molecule has 1 heterocycles. The van der Waals surface area contributed by atoms with Crippen LogP contribution in [0, 0.1) is 0 Å². The number of hydrogen-bond acceptors (Lipinski definition) is 5. The van der Waals surface area contributed by atoms with E-state index >= 15 is 0 Å². The lowest BCUT2D eigenvalue weighted by atomic mass is 10.4. The molecule has 0 saturated heterocycles. The fourth-order valence-corrected chi connectivity index (χ4v) is 2.77. The summed E-state index contributed by atoms with van der Waals surface area (Å²) in [6.45, 7) is 10.4. The number of carbonyl (C=O) groups excluding carboxylic acids is 1. The number of nitrogens with zero attached hydrogens (tertiary/aromatic N) is 2. The molecule has 0 aromatic carbocycles. The Bertz CT molecular complexity index is 474. The molecule has 0 amide bonds. The van der Waals surface area contributed by atoms with Crippen molar-refractivity contribution in [2.75, 3.05) is 19.8 Å². The van der Waals surface area contributed by atoms with E-state index in [0.717, 1.165) is 22.8 Å². The van der Waals surface area contributed by atoms with Crippen molar-refractivity contribution in [3.05, 3.63) is 16.4 Å². The Kier molecular flexibility index (Phi) is 8.30. The predicted molar refractivity (Wildman–Crippen MR) is 90.3 cm³/mol. The largest absolute Gasteiger partial charge is 0.464 e. The van der Waals surface area contributed by atoms with Gasteiger partial charge in [0.15, 0.2) is 0 Å². The van der Waals surface area contributed by atoms with Gasteiger partial charge in [0.2, 0.25) is 0 Å². The van der Waals surface area contributed by atoms with E-state index in [-0.39, 0.29) is 19.2 Å². The molecule has 126 valence electrons. The van der Waals surface area contributed by atoms with Gasteiger partial charge in [0.25, 0.3) is 0 Å². The van der Waals surface area contributed by atoms with Gasteiger partial charge in [0.05, 0.1) is 29.6 Å². The molecule has 0 aliphatic carbocycles. The second-order valence-corrected chi connectivity index (χ2v) is 12.6. The first-order valence-electron chi connectivity index (χ1n) is 7.35. The topological polar surface area (TPSA) is 62.6 Å². The Hall–Kier alpha value is -0.703. The summed E-state index contributed by atoms with van der Waals surface area (Å²) in [6, 6.07) is 1.12. The van der Waals surface area contributed by atoms with Crippen molar-refractivity contribution in [3.8, 4) is 0 Å². The van der Waals surface area contributed by atoms with Crippen LogP contribution in [0.3, 0.4) is 0 Å². The van der Waals surface area contributed by atoms with Crippen LogP contribution in [0.25, 0.3) is 0 Å². The van der Waals surface area contributed by atoms with Gasteiger partial charge in [-0.3, -0.25) is 0 Å². The molecule has 22 heavy (non-hydrogen) atoms. The normalized spacial score (nSPS) is 11.7. The van der Waals surface area contributed by atoms with E-state index in [4.69, 9.17) is 14.2 Å². The van der Waals surface area contributed by atoms with E-state index < -0.39 is 8.07 Å². The zero-order valence-corrected chi connectivity index (χ0v) is 16.3. The van der Waals surface area contributed by atoms with Gasteiger partial charge in [-0.2, -0.15) is 5.10 Å². The van der Waals surface area contributed by atoms with Gasteiger partial charge in [-0.05, 0) is 28.9 Å². The maximum Gasteiger partial charge on any atom is 0.332 e. The van der Waals surface area contributed by atoms with E-state index in [2.05, 4.69) is 40.7 Å². The summed E-state index contributed by atoms with van der Waals surface area (Å²) < 4.78 is 18.4. The molecule has 6 nitrogen and oxygen atoms in total. The third kappa shape index (κ3) is 7.53. The summed E-state index contributed by atoms with van der Waals surface area (Å²) >= 11 is 3.43. The second kappa shape index (κ2) is 9.44. The van der Waals surface area contributed by atoms with E-state index in [1.165, 1.54) is 0 Å². The van der Waals surface area contributed by atoms with Crippen LogP contribution in [-0.2, 0) is 32.3 Å². The number of halogens is 1. The van der Waals surface area contributed by atoms with Crippen molar-refractivity contribution in [1.29, 1.82) is 0 Å². The zero-order chi connectivity index (χ0) is 16.6. The van der Waals surface area contributed by atoms with Crippen molar-refractivity contribution in [2.24, 2.45) is 0 Å². The first kappa shape index (κ1) is 19.3. The van der Waals surface area contributed by atoms with Crippen LogP contribution in [-0.4, -0.2) is 43.6 Å². The molecule has 0 bridgehead atoms. The molecule has 0 saturated carbocycles. The van der Waals surface area contributed by atoms with E-state index in [1.54, 1.807) is 17.8 Å². The van der Waals surface area contributed by atoms with Crippen molar-refractivity contribution in [1.82, 2.24) is 9.78 Å². The SMILES string of the molecule is CCOC(=O)COCc1c(Br)cnn1COCC[Si](C)(C)C. The van der Waals surface area contributed by atoms with Gasteiger partial charge in [0, 0.05) is 14.7 Å². The maximum absolute atomic E-state index is 11.2. The van der Waals surface area contributed by atoms with Crippen LogP contribution in [0.5, 0.6) is 0 Å². The van der Waals surface area contributed by atoms with E-state index in [9.17, 15) is 4.79 Å². The lowest BCUT2D eigenvalue weighted by Gasteiger charge is -2.16. The third-order valence-electron chi connectivity index (χ3n) is 2.87. The van der Waals surface area contributed by atoms with Gasteiger partial charge >= 0.3 is 5.97 Å². The Morgan fingerprint density at radius 3 is 2.73 bits per heavy atom. The summed E-state index contributed by atoms with van der Waals surface area (Å²) in [4.78, 5) is 11.2. The molecule has 0 atom stereocenters.